The summed E-state index contributed by atoms with van der Waals surface area (Å²) in [5.41, 5.74) is 4.32. The second kappa shape index (κ2) is 15.0. The highest BCUT2D eigenvalue weighted by atomic mass is 127. The topological polar surface area (TPSA) is 173 Å². The molecule has 0 saturated heterocycles. The number of rotatable bonds is 13. The number of aliphatic hydroxyl groups is 1. The quantitative estimate of drug-likeness (QED) is 0.0811. The summed E-state index contributed by atoms with van der Waals surface area (Å²) in [5.74, 6) is 0.881. The molecule has 0 aromatic heterocycles. The number of nitrogens with one attached hydrogen (secondary N) is 3. The van der Waals surface area contributed by atoms with Crippen LogP contribution in [0.3, 0.4) is 0 Å². The highest BCUT2D eigenvalue weighted by molar-refractivity contribution is 14.1. The summed E-state index contributed by atoms with van der Waals surface area (Å²) in [6.07, 6.45) is 0.233. The van der Waals surface area contributed by atoms with Crippen molar-refractivity contribution in [3.05, 3.63) is 56.3 Å². The van der Waals surface area contributed by atoms with E-state index in [1.54, 1.807) is 44.2 Å². The molecule has 3 rings (SSSR count). The van der Waals surface area contributed by atoms with Gasteiger partial charge in [0, 0.05) is 14.8 Å². The predicted molar refractivity (Wildman–Crippen MR) is 156 cm³/mol. The number of carbonyl (C=O) groups is 2. The first-order valence-corrected chi connectivity index (χ1v) is 13.4. The summed E-state index contributed by atoms with van der Waals surface area (Å²) in [4.78, 5) is 24.5. The Balaban J connectivity index is 1.73. The van der Waals surface area contributed by atoms with Crippen LogP contribution in [0.1, 0.15) is 31.0 Å². The van der Waals surface area contributed by atoms with Crippen molar-refractivity contribution < 1.29 is 38.4 Å². The first-order valence-electron chi connectivity index (χ1n) is 12.3. The van der Waals surface area contributed by atoms with E-state index in [0.29, 0.717) is 46.4 Å². The number of nitrogens with zero attached hydrogens (tertiary/aromatic N) is 2. The van der Waals surface area contributed by atoms with Gasteiger partial charge in [-0.1, -0.05) is 6.07 Å². The van der Waals surface area contributed by atoms with E-state index in [1.807, 2.05) is 6.07 Å². The molecule has 1 aliphatic heterocycles. The molecular formula is C27H30IN5O8. The molecule has 2 amide bonds. The number of urea groups is 1. The van der Waals surface area contributed by atoms with Gasteiger partial charge in [0.05, 0.1) is 38.7 Å². The fraction of sp³-hybridized carbons (Fsp3) is 0.333. The van der Waals surface area contributed by atoms with Crippen LogP contribution >= 0.6 is 22.6 Å². The number of esters is 1. The molecular weight excluding hydrogens is 649 g/mol. The Kier molecular flexibility index (Phi) is 11.4. The second-order valence-corrected chi connectivity index (χ2v) is 9.63. The number of benzene rings is 2. The zero-order chi connectivity index (χ0) is 29.9. The van der Waals surface area contributed by atoms with Gasteiger partial charge in [-0.15, -0.1) is 0 Å². The molecule has 2 aromatic carbocycles. The zero-order valence-corrected chi connectivity index (χ0v) is 25.0. The lowest BCUT2D eigenvalue weighted by atomic mass is 9.95. The van der Waals surface area contributed by atoms with Crippen molar-refractivity contribution in [2.45, 2.75) is 26.1 Å². The van der Waals surface area contributed by atoms with Crippen LogP contribution in [0.25, 0.3) is 0 Å². The normalized spacial score (nSPS) is 15.3. The van der Waals surface area contributed by atoms with Crippen molar-refractivity contribution in [1.82, 2.24) is 16.1 Å². The van der Waals surface area contributed by atoms with Crippen LogP contribution in [-0.4, -0.2) is 63.6 Å². The number of hydrogen-bond acceptors (Lipinski definition) is 11. The molecule has 1 aliphatic rings. The number of amides is 2. The second-order valence-electron chi connectivity index (χ2n) is 8.39. The van der Waals surface area contributed by atoms with Gasteiger partial charge in [-0.25, -0.2) is 9.59 Å². The van der Waals surface area contributed by atoms with Crippen molar-refractivity contribution in [3.63, 3.8) is 0 Å². The largest absolute Gasteiger partial charge is 0.493 e. The summed E-state index contributed by atoms with van der Waals surface area (Å²) in [6.45, 7) is 3.36. The van der Waals surface area contributed by atoms with E-state index < -0.39 is 24.3 Å². The summed E-state index contributed by atoms with van der Waals surface area (Å²) >= 11 is 2.11. The van der Waals surface area contributed by atoms with Gasteiger partial charge in [0.15, 0.2) is 35.8 Å². The average Bonchev–Trinajstić information content (AvgIpc) is 2.95. The molecule has 0 spiro atoms. The lowest BCUT2D eigenvalue weighted by molar-refractivity contribution is -0.136. The number of carbonyl (C=O) groups excluding carboxylic acids is 2. The molecule has 4 N–H and O–H groups in total. The first-order chi connectivity index (χ1) is 19.7. The highest BCUT2D eigenvalue weighted by Crippen LogP contribution is 2.35. The highest BCUT2D eigenvalue weighted by Gasteiger charge is 2.32. The third-order valence-electron chi connectivity index (χ3n) is 5.65. The Morgan fingerprint density at radius 2 is 2.00 bits per heavy atom. The number of hydrogen-bond donors (Lipinski definition) is 4. The van der Waals surface area contributed by atoms with Gasteiger partial charge < -0.3 is 39.4 Å². The Morgan fingerprint density at radius 1 is 1.22 bits per heavy atom. The summed E-state index contributed by atoms with van der Waals surface area (Å²) < 4.78 is 28.1. The van der Waals surface area contributed by atoms with Crippen molar-refractivity contribution in [3.8, 4) is 29.1 Å². The Bertz CT molecular complexity index is 1370. The fourth-order valence-electron chi connectivity index (χ4n) is 3.91. The molecule has 0 bridgehead atoms. The molecule has 41 heavy (non-hydrogen) atoms. The number of allylic oxidation sites excluding steroid dienone is 1. The van der Waals surface area contributed by atoms with Gasteiger partial charge in [-0.05, 0) is 66.3 Å². The predicted octanol–water partition coefficient (Wildman–Crippen LogP) is 2.72. The Labute approximate surface area is 250 Å². The van der Waals surface area contributed by atoms with E-state index in [2.05, 4.69) is 43.8 Å². The first kappa shape index (κ1) is 31.3. The van der Waals surface area contributed by atoms with Gasteiger partial charge in [0.2, 0.25) is 0 Å². The minimum Gasteiger partial charge on any atom is -0.493 e. The minimum absolute atomic E-state index is 0.174. The fourth-order valence-corrected chi connectivity index (χ4v) is 4.53. The molecule has 218 valence electrons. The van der Waals surface area contributed by atoms with Gasteiger partial charge in [-0.3, -0.25) is 5.43 Å². The van der Waals surface area contributed by atoms with Crippen LogP contribution in [-0.2, 0) is 9.53 Å². The molecule has 0 unspecified atom stereocenters. The van der Waals surface area contributed by atoms with Crippen LogP contribution in [0.15, 0.2) is 46.7 Å². The summed E-state index contributed by atoms with van der Waals surface area (Å²) in [7, 11) is 2.76. The van der Waals surface area contributed by atoms with Gasteiger partial charge >= 0.3 is 12.0 Å². The van der Waals surface area contributed by atoms with E-state index in [-0.39, 0.29) is 18.8 Å². The maximum absolute atomic E-state index is 12.4. The molecule has 2 atom stereocenters. The van der Waals surface area contributed by atoms with E-state index in [9.17, 15) is 14.7 Å². The van der Waals surface area contributed by atoms with Gasteiger partial charge in [0.1, 0.15) is 12.7 Å². The molecule has 2 aromatic rings. The van der Waals surface area contributed by atoms with Gasteiger partial charge in [0.25, 0.3) is 0 Å². The van der Waals surface area contributed by atoms with E-state index in [0.717, 1.165) is 3.57 Å². The summed E-state index contributed by atoms with van der Waals surface area (Å²) in [5, 5.41) is 28.7. The number of methoxy groups -OCH3 is 2. The smallest absolute Gasteiger partial charge is 0.337 e. The van der Waals surface area contributed by atoms with E-state index >= 15 is 0 Å². The van der Waals surface area contributed by atoms with Crippen LogP contribution in [0.2, 0.25) is 0 Å². The molecule has 0 saturated carbocycles. The maximum Gasteiger partial charge on any atom is 0.337 e. The number of hydrazone groups is 1. The lowest BCUT2D eigenvalue weighted by Crippen LogP contribution is -2.45. The SMILES string of the molecule is CCOc1cc([C@@H]2NC(=O)NC(C)=C2C(=O)OC)ccc1OC[C@@H](O)N/N=C/c1cc(I)cc(OC)c1OCC#N. The third kappa shape index (κ3) is 8.14. The van der Waals surface area contributed by atoms with Crippen molar-refractivity contribution in [2.75, 3.05) is 34.0 Å². The molecule has 1 heterocycles. The number of nitriles is 1. The van der Waals surface area contributed by atoms with Crippen molar-refractivity contribution in [1.29, 1.82) is 5.26 Å². The van der Waals surface area contributed by atoms with Crippen LogP contribution in [0.4, 0.5) is 4.79 Å². The van der Waals surface area contributed by atoms with E-state index in [4.69, 9.17) is 28.9 Å². The molecule has 0 radical (unpaired) electrons. The molecule has 0 aliphatic carbocycles. The van der Waals surface area contributed by atoms with E-state index in [1.165, 1.54) is 20.4 Å². The molecule has 14 heteroatoms. The molecule has 0 fully saturated rings. The summed E-state index contributed by atoms with van der Waals surface area (Å²) in [6, 6.07) is 9.17. The minimum atomic E-state index is -1.20. The number of halogens is 1. The van der Waals surface area contributed by atoms with Crippen LogP contribution in [0, 0.1) is 14.9 Å². The standard InChI is InChI=1S/C27H30IN5O8/c1-5-39-20-11-16(24-23(26(35)38-4)15(2)31-27(36)32-24)6-7-19(20)41-14-22(34)33-30-13-17-10-18(28)12-21(37-3)25(17)40-9-8-29/h6-7,10-13,22,24,33-34H,5,9,14H2,1-4H3,(H2,31,32,36)/b30-13+/t22-,24+/m1/s1. The number of aliphatic hydroxyl groups excluding tert-OH is 1. The monoisotopic (exact) mass is 679 g/mol. The Morgan fingerprint density at radius 3 is 2.68 bits per heavy atom. The van der Waals surface area contributed by atoms with Crippen molar-refractivity contribution >= 4 is 40.8 Å². The van der Waals surface area contributed by atoms with Gasteiger partial charge in [-0.2, -0.15) is 10.4 Å². The third-order valence-corrected chi connectivity index (χ3v) is 6.27. The Hall–Kier alpha value is -4.23. The van der Waals surface area contributed by atoms with Crippen molar-refractivity contribution in [2.24, 2.45) is 5.10 Å². The number of ether oxygens (including phenoxy) is 5. The van der Waals surface area contributed by atoms with Crippen LogP contribution < -0.4 is 35.0 Å². The maximum atomic E-state index is 12.4. The molecule has 13 nitrogen and oxygen atoms in total. The average molecular weight is 679 g/mol. The van der Waals surface area contributed by atoms with Crippen LogP contribution in [0.5, 0.6) is 23.0 Å². The zero-order valence-electron chi connectivity index (χ0n) is 22.8. The lowest BCUT2D eigenvalue weighted by Gasteiger charge is -2.28.